The molecule has 1 aliphatic carbocycles. The molecule has 2 nitrogen and oxygen atoms in total. The minimum Gasteiger partial charge on any atom is -0.272 e. The summed E-state index contributed by atoms with van der Waals surface area (Å²) < 4.78 is 1.93. The van der Waals surface area contributed by atoms with Gasteiger partial charge in [-0.15, -0.1) is 0 Å². The van der Waals surface area contributed by atoms with Gasteiger partial charge in [-0.25, -0.2) is 0 Å². The second kappa shape index (κ2) is 0.735. The van der Waals surface area contributed by atoms with Crippen LogP contribution in [0.3, 0.4) is 0 Å². The lowest BCUT2D eigenvalue weighted by Gasteiger charge is -1.83. The van der Waals surface area contributed by atoms with E-state index < -0.39 is 0 Å². The van der Waals surface area contributed by atoms with Gasteiger partial charge in [0.15, 0.2) is 0 Å². The molecule has 2 rings (SSSR count). The number of hydrogen-bond acceptors (Lipinski definition) is 1. The highest BCUT2D eigenvalue weighted by Gasteiger charge is 2.20. The molecule has 36 valence electrons. The summed E-state index contributed by atoms with van der Waals surface area (Å²) in [5.41, 5.74) is 2.82. The van der Waals surface area contributed by atoms with Crippen molar-refractivity contribution < 1.29 is 0 Å². The fourth-order valence-corrected chi connectivity index (χ4v) is 0.805. The zero-order valence-corrected chi connectivity index (χ0v) is 4.18. The van der Waals surface area contributed by atoms with Gasteiger partial charge in [0.2, 0.25) is 0 Å². The number of fused-ring (bicyclic) bond motifs is 1. The van der Waals surface area contributed by atoms with E-state index in [1.54, 1.807) is 0 Å². The minimum atomic E-state index is 1.18. The molecular weight excluding hydrogens is 88.1 g/mol. The first-order valence-corrected chi connectivity index (χ1v) is 2.37. The van der Waals surface area contributed by atoms with Crippen molar-refractivity contribution in [1.82, 2.24) is 9.78 Å². The molecule has 0 spiro atoms. The van der Waals surface area contributed by atoms with Crippen LogP contribution in [0.4, 0.5) is 0 Å². The molecule has 1 aromatic heterocycles. The van der Waals surface area contributed by atoms with E-state index in [4.69, 9.17) is 0 Å². The highest BCUT2D eigenvalue weighted by atomic mass is 15.3. The third-order valence-electron chi connectivity index (χ3n) is 1.38. The number of rotatable bonds is 0. The Balaban J connectivity index is 2.76. The van der Waals surface area contributed by atoms with E-state index in [2.05, 4.69) is 5.10 Å². The summed E-state index contributed by atoms with van der Waals surface area (Å²) >= 11 is 0. The largest absolute Gasteiger partial charge is 0.272 e. The summed E-state index contributed by atoms with van der Waals surface area (Å²) in [6.45, 7) is 0. The Labute approximate surface area is 41.8 Å². The van der Waals surface area contributed by atoms with E-state index in [1.807, 2.05) is 17.9 Å². The van der Waals surface area contributed by atoms with Crippen molar-refractivity contribution in [2.75, 3.05) is 0 Å². The van der Waals surface area contributed by atoms with Crippen molar-refractivity contribution in [3.63, 3.8) is 0 Å². The molecule has 1 heterocycles. The Morgan fingerprint density at radius 1 is 1.86 bits per heavy atom. The lowest BCUT2D eigenvalue weighted by Crippen LogP contribution is -1.89. The molecule has 0 amide bonds. The second-order valence-electron chi connectivity index (χ2n) is 1.92. The Hall–Kier alpha value is -0.790. The molecular formula is C5H6N2. The predicted octanol–water partition coefficient (Wildman–Crippen LogP) is 0.324. The van der Waals surface area contributed by atoms with Gasteiger partial charge in [-0.3, -0.25) is 4.68 Å². The summed E-state index contributed by atoms with van der Waals surface area (Å²) in [5, 5.41) is 4.00. The van der Waals surface area contributed by atoms with Gasteiger partial charge in [0.25, 0.3) is 0 Å². The molecule has 0 bridgehead atoms. The molecule has 0 aliphatic heterocycles. The van der Waals surface area contributed by atoms with E-state index in [0.717, 1.165) is 0 Å². The summed E-state index contributed by atoms with van der Waals surface area (Å²) in [6, 6.07) is 0. The van der Waals surface area contributed by atoms with Crippen molar-refractivity contribution >= 4 is 0 Å². The number of nitrogens with zero attached hydrogens (tertiary/aromatic N) is 2. The highest BCUT2D eigenvalue weighted by molar-refractivity contribution is 5.37. The van der Waals surface area contributed by atoms with Crippen molar-refractivity contribution in [2.24, 2.45) is 7.05 Å². The van der Waals surface area contributed by atoms with Gasteiger partial charge in [-0.05, 0) is 5.56 Å². The quantitative estimate of drug-likeness (QED) is 0.460. The Morgan fingerprint density at radius 2 is 2.71 bits per heavy atom. The van der Waals surface area contributed by atoms with Crippen LogP contribution >= 0.6 is 0 Å². The fourth-order valence-electron chi connectivity index (χ4n) is 0.805. The van der Waals surface area contributed by atoms with Crippen molar-refractivity contribution in [3.8, 4) is 0 Å². The minimum absolute atomic E-state index is 1.18. The summed E-state index contributed by atoms with van der Waals surface area (Å²) in [5.74, 6) is 0. The first kappa shape index (κ1) is 3.24. The van der Waals surface area contributed by atoms with Crippen LogP contribution in [0.1, 0.15) is 11.3 Å². The molecule has 7 heavy (non-hydrogen) atoms. The van der Waals surface area contributed by atoms with Crippen LogP contribution < -0.4 is 0 Å². The van der Waals surface area contributed by atoms with Crippen LogP contribution in [-0.4, -0.2) is 9.78 Å². The highest BCUT2D eigenvalue weighted by Crippen LogP contribution is 2.24. The normalized spacial score (nSPS) is 13.9. The van der Waals surface area contributed by atoms with E-state index in [0.29, 0.717) is 0 Å². The maximum Gasteiger partial charge on any atom is 0.0528 e. The molecule has 1 aromatic rings. The van der Waals surface area contributed by atoms with Gasteiger partial charge in [0.1, 0.15) is 0 Å². The molecule has 0 N–H and O–H groups in total. The molecule has 2 heteroatoms. The van der Waals surface area contributed by atoms with E-state index in [1.165, 1.54) is 17.7 Å². The molecule has 0 saturated heterocycles. The fraction of sp³-hybridized carbons (Fsp3) is 0.400. The Kier molecular flexibility index (Phi) is 0.340. The van der Waals surface area contributed by atoms with Gasteiger partial charge in [0.05, 0.1) is 6.20 Å². The van der Waals surface area contributed by atoms with Gasteiger partial charge < -0.3 is 0 Å². The number of aromatic nitrogens is 2. The van der Waals surface area contributed by atoms with Crippen LogP contribution in [0.15, 0.2) is 6.20 Å². The number of hydrogen-bond donors (Lipinski definition) is 0. The van der Waals surface area contributed by atoms with Crippen LogP contribution in [0.2, 0.25) is 0 Å². The standard InChI is InChI=1S/C5H6N2/c1-7-5-2-4(5)3-6-7/h3H,2H2,1H3. The molecule has 0 unspecified atom stereocenters. The second-order valence-corrected chi connectivity index (χ2v) is 1.92. The third-order valence-corrected chi connectivity index (χ3v) is 1.38. The summed E-state index contributed by atoms with van der Waals surface area (Å²) in [6.07, 6.45) is 3.11. The van der Waals surface area contributed by atoms with Crippen LogP contribution in [0, 0.1) is 0 Å². The van der Waals surface area contributed by atoms with E-state index >= 15 is 0 Å². The summed E-state index contributed by atoms with van der Waals surface area (Å²) in [7, 11) is 1.98. The topological polar surface area (TPSA) is 17.8 Å². The van der Waals surface area contributed by atoms with E-state index in [-0.39, 0.29) is 0 Å². The van der Waals surface area contributed by atoms with Gasteiger partial charge >= 0.3 is 0 Å². The first-order chi connectivity index (χ1) is 3.38. The molecule has 0 radical (unpaired) electrons. The molecule has 0 fully saturated rings. The lowest BCUT2D eigenvalue weighted by molar-refractivity contribution is 0.743. The molecule has 0 atom stereocenters. The van der Waals surface area contributed by atoms with Crippen LogP contribution in [0.5, 0.6) is 0 Å². The maximum absolute atomic E-state index is 4.00. The average Bonchev–Trinajstić information content (AvgIpc) is 2.33. The van der Waals surface area contributed by atoms with Crippen molar-refractivity contribution in [1.29, 1.82) is 0 Å². The lowest BCUT2D eigenvalue weighted by atomic mass is 10.7. The smallest absolute Gasteiger partial charge is 0.0528 e. The molecule has 1 aliphatic rings. The molecule has 0 aromatic carbocycles. The van der Waals surface area contributed by atoms with E-state index in [9.17, 15) is 0 Å². The zero-order chi connectivity index (χ0) is 4.85. The van der Waals surface area contributed by atoms with Crippen molar-refractivity contribution in [3.05, 3.63) is 17.5 Å². The monoisotopic (exact) mass is 94.1 g/mol. The average molecular weight is 94.1 g/mol. The Morgan fingerprint density at radius 3 is 2.86 bits per heavy atom. The SMILES string of the molecule is Cn1ncc2c1C2. The maximum atomic E-state index is 4.00. The van der Waals surface area contributed by atoms with Crippen LogP contribution in [-0.2, 0) is 13.5 Å². The van der Waals surface area contributed by atoms with Gasteiger partial charge in [-0.2, -0.15) is 5.10 Å². The Bertz CT molecular complexity index is 200. The zero-order valence-electron chi connectivity index (χ0n) is 4.18. The summed E-state index contributed by atoms with van der Waals surface area (Å²) in [4.78, 5) is 0. The molecule has 0 saturated carbocycles. The first-order valence-electron chi connectivity index (χ1n) is 2.37. The third kappa shape index (κ3) is 0.266. The van der Waals surface area contributed by atoms with Gasteiger partial charge in [-0.1, -0.05) is 0 Å². The van der Waals surface area contributed by atoms with Gasteiger partial charge in [0, 0.05) is 19.2 Å². The number of aryl methyl sites for hydroxylation is 1. The van der Waals surface area contributed by atoms with Crippen molar-refractivity contribution in [2.45, 2.75) is 6.42 Å². The predicted molar refractivity (Wildman–Crippen MR) is 26.0 cm³/mol. The van der Waals surface area contributed by atoms with Crippen LogP contribution in [0.25, 0.3) is 0 Å².